The molecule has 1 aliphatic heterocycles. The van der Waals surface area contributed by atoms with E-state index in [2.05, 4.69) is 15.9 Å². The average Bonchev–Trinajstić information content (AvgIpc) is 2.48. The number of benzene rings is 1. The third-order valence-electron chi connectivity index (χ3n) is 1.76. The molecule has 3 nitrogen and oxygen atoms in total. The zero-order valence-electron chi connectivity index (χ0n) is 6.43. The monoisotopic (exact) mass is 230 g/mol. The summed E-state index contributed by atoms with van der Waals surface area (Å²) in [6, 6.07) is 1.79. The second-order valence-corrected chi connectivity index (χ2v) is 3.44. The molecule has 64 valence electrons. The first-order chi connectivity index (χ1) is 5.70. The zero-order valence-corrected chi connectivity index (χ0v) is 8.01. The number of halogens is 1. The second-order valence-electron chi connectivity index (χ2n) is 2.59. The van der Waals surface area contributed by atoms with Crippen molar-refractivity contribution >= 4 is 15.9 Å². The fraction of sp³-hybridized carbons (Fsp3) is 0.250. The van der Waals surface area contributed by atoms with Crippen LogP contribution >= 0.6 is 15.9 Å². The van der Waals surface area contributed by atoms with Gasteiger partial charge in [0.1, 0.15) is 0 Å². The highest BCUT2D eigenvalue weighted by Crippen LogP contribution is 2.46. The van der Waals surface area contributed by atoms with E-state index in [9.17, 15) is 5.11 Å². The van der Waals surface area contributed by atoms with Crippen molar-refractivity contribution in [2.75, 3.05) is 6.79 Å². The van der Waals surface area contributed by atoms with Crippen molar-refractivity contribution in [3.8, 4) is 17.2 Å². The summed E-state index contributed by atoms with van der Waals surface area (Å²) in [7, 11) is 0. The van der Waals surface area contributed by atoms with Crippen molar-refractivity contribution in [2.45, 2.75) is 6.92 Å². The quantitative estimate of drug-likeness (QED) is 0.743. The summed E-state index contributed by atoms with van der Waals surface area (Å²) in [5.41, 5.74) is 0.770. The smallest absolute Gasteiger partial charge is 0.231 e. The number of phenolic OH excluding ortho intramolecular Hbond substituents is 1. The van der Waals surface area contributed by atoms with E-state index >= 15 is 0 Å². The SMILES string of the molecule is Cc1cc(Br)c2c(c1O)OCO2. The largest absolute Gasteiger partial charge is 0.504 e. The molecule has 0 atom stereocenters. The number of ether oxygens (including phenoxy) is 2. The van der Waals surface area contributed by atoms with Gasteiger partial charge in [-0.25, -0.2) is 0 Å². The predicted octanol–water partition coefficient (Wildman–Crippen LogP) is 2.19. The van der Waals surface area contributed by atoms with Gasteiger partial charge in [0.15, 0.2) is 11.5 Å². The van der Waals surface area contributed by atoms with Crippen LogP contribution in [-0.2, 0) is 0 Å². The van der Waals surface area contributed by atoms with Crippen molar-refractivity contribution in [3.05, 3.63) is 16.1 Å². The van der Waals surface area contributed by atoms with E-state index in [1.54, 1.807) is 6.07 Å². The maximum Gasteiger partial charge on any atom is 0.231 e. The van der Waals surface area contributed by atoms with Crippen LogP contribution in [0.3, 0.4) is 0 Å². The van der Waals surface area contributed by atoms with Crippen LogP contribution in [0.15, 0.2) is 10.5 Å². The zero-order chi connectivity index (χ0) is 8.72. The van der Waals surface area contributed by atoms with Gasteiger partial charge in [-0.1, -0.05) is 0 Å². The number of aromatic hydroxyl groups is 1. The Kier molecular flexibility index (Phi) is 1.65. The highest BCUT2D eigenvalue weighted by atomic mass is 79.9. The third-order valence-corrected chi connectivity index (χ3v) is 2.35. The van der Waals surface area contributed by atoms with Gasteiger partial charge >= 0.3 is 0 Å². The summed E-state index contributed by atoms with van der Waals surface area (Å²) >= 11 is 3.32. The lowest BCUT2D eigenvalue weighted by atomic mass is 10.2. The first kappa shape index (κ1) is 7.73. The fourth-order valence-corrected chi connectivity index (χ4v) is 1.77. The molecule has 0 unspecified atom stereocenters. The van der Waals surface area contributed by atoms with E-state index < -0.39 is 0 Å². The first-order valence-corrected chi connectivity index (χ1v) is 4.27. The standard InChI is InChI=1S/C8H7BrO3/c1-4-2-5(9)7-8(6(4)10)12-3-11-7/h2,10H,3H2,1H3. The molecular formula is C8H7BrO3. The van der Waals surface area contributed by atoms with Gasteiger partial charge in [0, 0.05) is 0 Å². The number of phenols is 1. The maximum absolute atomic E-state index is 9.52. The summed E-state index contributed by atoms with van der Waals surface area (Å²) in [6.45, 7) is 1.98. The predicted molar refractivity (Wildman–Crippen MR) is 46.7 cm³/mol. The van der Waals surface area contributed by atoms with Gasteiger partial charge in [0.05, 0.1) is 4.47 Å². The van der Waals surface area contributed by atoms with Gasteiger partial charge in [0.2, 0.25) is 12.5 Å². The lowest BCUT2D eigenvalue weighted by molar-refractivity contribution is 0.171. The van der Waals surface area contributed by atoms with Gasteiger partial charge in [-0.2, -0.15) is 0 Å². The Morgan fingerprint density at radius 3 is 2.83 bits per heavy atom. The Morgan fingerprint density at radius 1 is 1.42 bits per heavy atom. The summed E-state index contributed by atoms with van der Waals surface area (Å²) < 4.78 is 11.0. The molecule has 0 radical (unpaired) electrons. The van der Waals surface area contributed by atoms with Crippen LogP contribution in [-0.4, -0.2) is 11.9 Å². The Labute approximate surface area is 78.0 Å². The van der Waals surface area contributed by atoms with Crippen LogP contribution in [0.25, 0.3) is 0 Å². The number of rotatable bonds is 0. The van der Waals surface area contributed by atoms with Crippen LogP contribution < -0.4 is 9.47 Å². The molecule has 1 aromatic carbocycles. The normalized spacial score (nSPS) is 13.5. The van der Waals surface area contributed by atoms with Gasteiger partial charge in [-0.15, -0.1) is 0 Å². The average molecular weight is 231 g/mol. The van der Waals surface area contributed by atoms with E-state index in [0.29, 0.717) is 11.5 Å². The van der Waals surface area contributed by atoms with Gasteiger partial charge < -0.3 is 14.6 Å². The fourth-order valence-electron chi connectivity index (χ4n) is 1.13. The lowest BCUT2D eigenvalue weighted by Gasteiger charge is -2.04. The molecule has 0 aliphatic carbocycles. The third kappa shape index (κ3) is 0.948. The minimum Gasteiger partial charge on any atom is -0.504 e. The van der Waals surface area contributed by atoms with Crippen molar-refractivity contribution in [3.63, 3.8) is 0 Å². The van der Waals surface area contributed by atoms with E-state index in [1.807, 2.05) is 6.92 Å². The number of hydrogen-bond donors (Lipinski definition) is 1. The minimum atomic E-state index is 0.158. The molecular weight excluding hydrogens is 224 g/mol. The number of hydrogen-bond acceptors (Lipinski definition) is 3. The molecule has 0 spiro atoms. The Bertz CT molecular complexity index is 336. The molecule has 4 heteroatoms. The number of fused-ring (bicyclic) bond motifs is 1. The molecule has 0 bridgehead atoms. The Hall–Kier alpha value is -0.900. The molecule has 0 amide bonds. The van der Waals surface area contributed by atoms with Crippen LogP contribution in [0.1, 0.15) is 5.56 Å². The minimum absolute atomic E-state index is 0.158. The summed E-state index contributed by atoms with van der Waals surface area (Å²) in [4.78, 5) is 0. The molecule has 0 saturated carbocycles. The van der Waals surface area contributed by atoms with Crippen molar-refractivity contribution < 1.29 is 14.6 Å². The summed E-state index contributed by atoms with van der Waals surface area (Å²) in [5.74, 6) is 1.17. The summed E-state index contributed by atoms with van der Waals surface area (Å²) in [6.07, 6.45) is 0. The molecule has 0 saturated heterocycles. The van der Waals surface area contributed by atoms with E-state index in [1.165, 1.54) is 0 Å². The molecule has 0 aromatic heterocycles. The lowest BCUT2D eigenvalue weighted by Crippen LogP contribution is -1.93. The highest BCUT2D eigenvalue weighted by Gasteiger charge is 2.22. The van der Waals surface area contributed by atoms with E-state index in [-0.39, 0.29) is 12.5 Å². The van der Waals surface area contributed by atoms with Crippen LogP contribution in [0, 0.1) is 6.92 Å². The Balaban J connectivity index is 2.69. The number of aryl methyl sites for hydroxylation is 1. The van der Waals surface area contributed by atoms with E-state index in [4.69, 9.17) is 9.47 Å². The van der Waals surface area contributed by atoms with Gasteiger partial charge in [-0.3, -0.25) is 0 Å². The van der Waals surface area contributed by atoms with Crippen LogP contribution in [0.4, 0.5) is 0 Å². The Morgan fingerprint density at radius 2 is 2.08 bits per heavy atom. The first-order valence-electron chi connectivity index (χ1n) is 3.48. The summed E-state index contributed by atoms with van der Waals surface area (Å²) in [5, 5.41) is 9.52. The van der Waals surface area contributed by atoms with Gasteiger partial charge in [0.25, 0.3) is 0 Å². The van der Waals surface area contributed by atoms with Crippen LogP contribution in [0.2, 0.25) is 0 Å². The van der Waals surface area contributed by atoms with Crippen molar-refractivity contribution in [2.24, 2.45) is 0 Å². The molecule has 1 aromatic rings. The molecule has 0 fully saturated rings. The topological polar surface area (TPSA) is 38.7 Å². The maximum atomic E-state index is 9.52. The van der Waals surface area contributed by atoms with Crippen molar-refractivity contribution in [1.82, 2.24) is 0 Å². The molecule has 1 N–H and O–H groups in total. The van der Waals surface area contributed by atoms with E-state index in [0.717, 1.165) is 10.0 Å². The molecule has 1 aliphatic rings. The second kappa shape index (κ2) is 2.55. The molecule has 2 rings (SSSR count). The van der Waals surface area contributed by atoms with Crippen LogP contribution in [0.5, 0.6) is 17.2 Å². The van der Waals surface area contributed by atoms with Gasteiger partial charge in [-0.05, 0) is 34.5 Å². The molecule has 1 heterocycles. The molecule has 12 heavy (non-hydrogen) atoms. The van der Waals surface area contributed by atoms with Crippen molar-refractivity contribution in [1.29, 1.82) is 0 Å². The highest BCUT2D eigenvalue weighted by molar-refractivity contribution is 9.10.